The molecule has 1 amide bonds. The Kier molecular flexibility index (Phi) is 5.56. The number of rotatable bonds is 7. The van der Waals surface area contributed by atoms with E-state index in [1.165, 1.54) is 22.0 Å². The number of nitrogens with one attached hydrogen (secondary N) is 2. The van der Waals surface area contributed by atoms with Gasteiger partial charge in [0.25, 0.3) is 5.91 Å². The maximum absolute atomic E-state index is 12.7. The van der Waals surface area contributed by atoms with Gasteiger partial charge < -0.3 is 15.0 Å². The molecular formula is C24H23N3O2. The van der Waals surface area contributed by atoms with Crippen LogP contribution in [0, 0.1) is 0 Å². The molecule has 0 bridgehead atoms. The second-order valence-corrected chi connectivity index (χ2v) is 6.80. The van der Waals surface area contributed by atoms with Crippen LogP contribution >= 0.6 is 0 Å². The van der Waals surface area contributed by atoms with Crippen molar-refractivity contribution in [1.29, 1.82) is 0 Å². The predicted octanol–water partition coefficient (Wildman–Crippen LogP) is 4.89. The summed E-state index contributed by atoms with van der Waals surface area (Å²) in [6.07, 6.45) is 7.08. The molecule has 0 unspecified atom stereocenters. The van der Waals surface area contributed by atoms with Crippen LogP contribution in [0.3, 0.4) is 0 Å². The number of hydrogen-bond acceptors (Lipinski definition) is 3. The quantitative estimate of drug-likeness (QED) is 0.476. The lowest BCUT2D eigenvalue weighted by molar-refractivity contribution is 0.0952. The highest BCUT2D eigenvalue weighted by Crippen LogP contribution is 2.25. The fraction of sp³-hybridized carbons (Fsp3) is 0.167. The highest BCUT2D eigenvalue weighted by molar-refractivity contribution is 5.97. The zero-order valence-corrected chi connectivity index (χ0v) is 16.3. The average Bonchev–Trinajstić information content (AvgIpc) is 3.18. The lowest BCUT2D eigenvalue weighted by atomic mass is 10.1. The smallest absolute Gasteiger partial charge is 0.255 e. The molecule has 29 heavy (non-hydrogen) atoms. The van der Waals surface area contributed by atoms with Crippen LogP contribution < -0.4 is 10.1 Å². The highest BCUT2D eigenvalue weighted by Gasteiger charge is 2.13. The molecule has 0 saturated heterocycles. The number of amides is 1. The number of pyridine rings is 1. The Morgan fingerprint density at radius 2 is 1.97 bits per heavy atom. The number of para-hydroxylation sites is 2. The molecule has 0 saturated carbocycles. The third kappa shape index (κ3) is 4.14. The van der Waals surface area contributed by atoms with Crippen LogP contribution in [-0.4, -0.2) is 22.4 Å². The minimum atomic E-state index is -0.154. The minimum absolute atomic E-state index is 0.154. The second-order valence-electron chi connectivity index (χ2n) is 6.80. The van der Waals surface area contributed by atoms with E-state index >= 15 is 0 Å². The fourth-order valence-electron chi connectivity index (χ4n) is 3.46. The molecule has 0 aliphatic heterocycles. The lowest BCUT2D eigenvalue weighted by Gasteiger charge is -2.11. The van der Waals surface area contributed by atoms with Gasteiger partial charge in [0.1, 0.15) is 11.5 Å². The molecule has 5 nitrogen and oxygen atoms in total. The van der Waals surface area contributed by atoms with Gasteiger partial charge in [0.15, 0.2) is 0 Å². The third-order valence-electron chi connectivity index (χ3n) is 4.94. The van der Waals surface area contributed by atoms with Crippen molar-refractivity contribution in [2.24, 2.45) is 0 Å². The van der Waals surface area contributed by atoms with E-state index in [0.29, 0.717) is 23.6 Å². The molecule has 4 rings (SSSR count). The molecule has 0 atom stereocenters. The van der Waals surface area contributed by atoms with Gasteiger partial charge in [-0.15, -0.1) is 0 Å². The van der Waals surface area contributed by atoms with Gasteiger partial charge >= 0.3 is 0 Å². The van der Waals surface area contributed by atoms with Crippen LogP contribution in [0.5, 0.6) is 11.5 Å². The SMILES string of the molecule is CCc1cccc2c(CCNC(=O)c3ccccc3Oc3cccnc3)c[nH]c12. The van der Waals surface area contributed by atoms with Gasteiger partial charge in [0.2, 0.25) is 0 Å². The minimum Gasteiger partial charge on any atom is -0.455 e. The first-order valence-corrected chi connectivity index (χ1v) is 9.79. The van der Waals surface area contributed by atoms with Gasteiger partial charge in [-0.3, -0.25) is 9.78 Å². The normalized spacial score (nSPS) is 10.8. The van der Waals surface area contributed by atoms with E-state index in [-0.39, 0.29) is 5.91 Å². The Bertz CT molecular complexity index is 1120. The number of ether oxygens (including phenoxy) is 1. The predicted molar refractivity (Wildman–Crippen MR) is 114 cm³/mol. The molecule has 0 spiro atoms. The highest BCUT2D eigenvalue weighted by atomic mass is 16.5. The Morgan fingerprint density at radius 1 is 1.07 bits per heavy atom. The molecule has 2 aromatic carbocycles. The monoisotopic (exact) mass is 385 g/mol. The average molecular weight is 385 g/mol. The first-order valence-electron chi connectivity index (χ1n) is 9.79. The molecule has 4 aromatic rings. The van der Waals surface area contributed by atoms with Crippen molar-refractivity contribution in [3.8, 4) is 11.5 Å². The van der Waals surface area contributed by atoms with E-state index in [0.717, 1.165) is 12.8 Å². The summed E-state index contributed by atoms with van der Waals surface area (Å²) in [4.78, 5) is 20.2. The van der Waals surface area contributed by atoms with E-state index in [4.69, 9.17) is 4.74 Å². The maximum Gasteiger partial charge on any atom is 0.255 e. The van der Waals surface area contributed by atoms with Crippen molar-refractivity contribution in [2.45, 2.75) is 19.8 Å². The number of aromatic amines is 1. The van der Waals surface area contributed by atoms with Crippen LogP contribution in [0.25, 0.3) is 10.9 Å². The third-order valence-corrected chi connectivity index (χ3v) is 4.94. The number of H-pyrrole nitrogens is 1. The van der Waals surface area contributed by atoms with Gasteiger partial charge in [-0.1, -0.05) is 37.3 Å². The van der Waals surface area contributed by atoms with Gasteiger partial charge in [-0.2, -0.15) is 0 Å². The number of aromatic nitrogens is 2. The summed E-state index contributed by atoms with van der Waals surface area (Å²) in [5, 5.41) is 4.23. The second kappa shape index (κ2) is 8.61. The summed E-state index contributed by atoms with van der Waals surface area (Å²) in [6, 6.07) is 17.2. The standard InChI is InChI=1S/C24H23N3O2/c1-2-17-7-5-10-20-18(15-27-23(17)20)12-14-26-24(28)21-9-3-4-11-22(21)29-19-8-6-13-25-16-19/h3-11,13,15-16,27H,2,12,14H2,1H3,(H,26,28). The Morgan fingerprint density at radius 3 is 2.79 bits per heavy atom. The fourth-order valence-corrected chi connectivity index (χ4v) is 3.46. The van der Waals surface area contributed by atoms with Gasteiger partial charge in [0, 0.05) is 29.8 Å². The van der Waals surface area contributed by atoms with Crippen LogP contribution in [0.2, 0.25) is 0 Å². The zero-order chi connectivity index (χ0) is 20.1. The molecule has 0 aliphatic rings. The van der Waals surface area contributed by atoms with E-state index in [1.807, 2.05) is 24.4 Å². The van der Waals surface area contributed by atoms with Gasteiger partial charge in [-0.05, 0) is 48.2 Å². The van der Waals surface area contributed by atoms with Crippen molar-refractivity contribution >= 4 is 16.8 Å². The van der Waals surface area contributed by atoms with Crippen LogP contribution in [-0.2, 0) is 12.8 Å². The first-order chi connectivity index (χ1) is 14.3. The molecule has 2 heterocycles. The molecule has 0 radical (unpaired) electrons. The van der Waals surface area contributed by atoms with E-state index in [9.17, 15) is 4.79 Å². The summed E-state index contributed by atoms with van der Waals surface area (Å²) in [6.45, 7) is 2.70. The van der Waals surface area contributed by atoms with Gasteiger partial charge in [0.05, 0.1) is 11.8 Å². The molecule has 146 valence electrons. The van der Waals surface area contributed by atoms with E-state index in [1.54, 1.807) is 30.6 Å². The number of hydrogen-bond donors (Lipinski definition) is 2. The molecule has 5 heteroatoms. The van der Waals surface area contributed by atoms with E-state index in [2.05, 4.69) is 40.4 Å². The summed E-state index contributed by atoms with van der Waals surface area (Å²) in [5.41, 5.74) is 4.20. The molecular weight excluding hydrogens is 362 g/mol. The molecule has 2 aromatic heterocycles. The Hall–Kier alpha value is -3.60. The van der Waals surface area contributed by atoms with E-state index < -0.39 is 0 Å². The maximum atomic E-state index is 12.7. The molecule has 0 aliphatic carbocycles. The molecule has 0 fully saturated rings. The summed E-state index contributed by atoms with van der Waals surface area (Å²) in [5.74, 6) is 0.953. The topological polar surface area (TPSA) is 67.0 Å². The summed E-state index contributed by atoms with van der Waals surface area (Å²) >= 11 is 0. The summed E-state index contributed by atoms with van der Waals surface area (Å²) in [7, 11) is 0. The van der Waals surface area contributed by atoms with Crippen molar-refractivity contribution < 1.29 is 9.53 Å². The van der Waals surface area contributed by atoms with Gasteiger partial charge in [-0.25, -0.2) is 0 Å². The van der Waals surface area contributed by atoms with Crippen molar-refractivity contribution in [1.82, 2.24) is 15.3 Å². The number of benzene rings is 2. The van der Waals surface area contributed by atoms with Crippen LogP contribution in [0.4, 0.5) is 0 Å². The van der Waals surface area contributed by atoms with Crippen molar-refractivity contribution in [3.63, 3.8) is 0 Å². The summed E-state index contributed by atoms with van der Waals surface area (Å²) < 4.78 is 5.84. The zero-order valence-electron chi connectivity index (χ0n) is 16.3. The van der Waals surface area contributed by atoms with Crippen molar-refractivity contribution in [3.05, 3.63) is 89.9 Å². The number of carbonyl (C=O) groups is 1. The number of nitrogens with zero attached hydrogens (tertiary/aromatic N) is 1. The number of fused-ring (bicyclic) bond motifs is 1. The Labute approximate surface area is 169 Å². The number of carbonyl (C=O) groups excluding carboxylic acids is 1. The van der Waals surface area contributed by atoms with Crippen molar-refractivity contribution in [2.75, 3.05) is 6.54 Å². The molecule has 2 N–H and O–H groups in total. The van der Waals surface area contributed by atoms with Crippen LogP contribution in [0.1, 0.15) is 28.4 Å². The lowest BCUT2D eigenvalue weighted by Crippen LogP contribution is -2.26. The first kappa shape index (κ1) is 18.7. The largest absolute Gasteiger partial charge is 0.455 e. The Balaban J connectivity index is 1.43. The number of aryl methyl sites for hydroxylation is 1. The van der Waals surface area contributed by atoms with Crippen LogP contribution in [0.15, 0.2) is 73.2 Å².